The molecule has 3 aromatic heterocycles. The molecule has 3 heterocycles. The first kappa shape index (κ1) is 16.0. The molecule has 0 aliphatic carbocycles. The van der Waals surface area contributed by atoms with E-state index in [4.69, 9.17) is 10.3 Å². The van der Waals surface area contributed by atoms with E-state index in [1.807, 2.05) is 17.7 Å². The van der Waals surface area contributed by atoms with Crippen LogP contribution in [0.3, 0.4) is 0 Å². The Kier molecular flexibility index (Phi) is 3.88. The van der Waals surface area contributed by atoms with E-state index in [1.54, 1.807) is 24.3 Å². The minimum atomic E-state index is -0.332. The Labute approximate surface area is 153 Å². The Balaban J connectivity index is 1.77. The zero-order valence-electron chi connectivity index (χ0n) is 13.2. The third-order valence-electron chi connectivity index (χ3n) is 4.11. The first-order valence-electron chi connectivity index (χ1n) is 7.56. The van der Waals surface area contributed by atoms with Crippen molar-refractivity contribution in [2.75, 3.05) is 5.73 Å². The molecule has 0 amide bonds. The van der Waals surface area contributed by atoms with Gasteiger partial charge in [-0.3, -0.25) is 0 Å². The number of rotatable bonds is 3. The van der Waals surface area contributed by atoms with E-state index in [-0.39, 0.29) is 11.9 Å². The summed E-state index contributed by atoms with van der Waals surface area (Å²) in [6.07, 6.45) is 3.43. The van der Waals surface area contributed by atoms with Crippen LogP contribution in [0.25, 0.3) is 22.3 Å². The number of aromatic nitrogens is 4. The van der Waals surface area contributed by atoms with Crippen LogP contribution in [0.1, 0.15) is 18.7 Å². The summed E-state index contributed by atoms with van der Waals surface area (Å²) in [7, 11) is 0. The van der Waals surface area contributed by atoms with Crippen LogP contribution in [-0.2, 0) is 19.8 Å². The van der Waals surface area contributed by atoms with Crippen LogP contribution < -0.4 is 9.69 Å². The van der Waals surface area contributed by atoms with E-state index in [0.29, 0.717) is 22.8 Å². The van der Waals surface area contributed by atoms with Crippen molar-refractivity contribution < 1.29 is 28.7 Å². The number of fused-ring (bicyclic) bond motifs is 1. The fourth-order valence-corrected chi connectivity index (χ4v) is 3.90. The molecule has 6 nitrogen and oxygen atoms in total. The van der Waals surface area contributed by atoms with Crippen molar-refractivity contribution in [2.45, 2.75) is 13.0 Å². The first-order chi connectivity index (χ1) is 12.1. The van der Waals surface area contributed by atoms with Crippen molar-refractivity contribution in [1.29, 1.82) is 0 Å². The molecule has 8 heteroatoms. The predicted octanol–water partition coefficient (Wildman–Crippen LogP) is 2.59. The molecule has 1 atom stereocenters. The van der Waals surface area contributed by atoms with E-state index in [1.165, 1.54) is 32.2 Å². The molecule has 25 heavy (non-hydrogen) atoms. The van der Waals surface area contributed by atoms with Crippen molar-refractivity contribution in [1.82, 2.24) is 19.7 Å². The molecule has 2 N–H and O–H groups in total. The van der Waals surface area contributed by atoms with Crippen LogP contribution in [0.2, 0.25) is 0 Å². The van der Waals surface area contributed by atoms with E-state index in [0.717, 1.165) is 15.0 Å². The fraction of sp³-hybridized carbons (Fsp3) is 0.118. The van der Waals surface area contributed by atoms with Crippen molar-refractivity contribution >= 4 is 20.8 Å². The van der Waals surface area contributed by atoms with E-state index < -0.39 is 0 Å². The Morgan fingerprint density at radius 1 is 1.28 bits per heavy atom. The Hall–Kier alpha value is -2.53. The van der Waals surface area contributed by atoms with Gasteiger partial charge < -0.3 is 0 Å². The van der Waals surface area contributed by atoms with Crippen molar-refractivity contribution in [2.24, 2.45) is 0 Å². The second-order valence-corrected chi connectivity index (χ2v) is 7.21. The standard InChI is InChI=1S/C17H13FN5O.W/c1-10(23-7-6-12-16(19)20-9-21-17(12)23)15-8-14(22-24-15)11-4-2-3-5-13(11)18;/h2-5,7-10H,1H3,(H2,19,20,21);. The molecule has 0 spiro atoms. The van der Waals surface area contributed by atoms with Gasteiger partial charge in [0, 0.05) is 0 Å². The van der Waals surface area contributed by atoms with Crippen molar-refractivity contribution in [3.63, 3.8) is 0 Å². The molecule has 1 aromatic carbocycles. The summed E-state index contributed by atoms with van der Waals surface area (Å²) in [6.45, 7) is 1.97. The second kappa shape index (κ2) is 6.08. The molecule has 4 aromatic rings. The SMILES string of the molecule is CC(c1cc(-c2ccccc2F)no1)n1c[c]([W])c2c(N)ncnc21. The van der Waals surface area contributed by atoms with Gasteiger partial charge in [0.2, 0.25) is 0 Å². The Bertz CT molecular complexity index is 1070. The number of hydrogen-bond donors (Lipinski definition) is 1. The quantitative estimate of drug-likeness (QED) is 0.462. The molecule has 0 radical (unpaired) electrons. The molecule has 0 saturated heterocycles. The summed E-state index contributed by atoms with van der Waals surface area (Å²) in [5.41, 5.74) is 7.60. The Morgan fingerprint density at radius 2 is 2.08 bits per heavy atom. The molecule has 4 rings (SSSR count). The third kappa shape index (κ3) is 2.64. The van der Waals surface area contributed by atoms with E-state index in [9.17, 15) is 4.39 Å². The number of nitrogen functional groups attached to an aromatic ring is 1. The van der Waals surface area contributed by atoms with Gasteiger partial charge in [-0.15, -0.1) is 0 Å². The number of nitrogens with two attached hydrogens (primary N) is 1. The van der Waals surface area contributed by atoms with E-state index in [2.05, 4.69) is 15.1 Å². The molecule has 1 unspecified atom stereocenters. The van der Waals surface area contributed by atoms with Crippen molar-refractivity contribution in [3.8, 4) is 11.3 Å². The number of benzene rings is 1. The second-order valence-electron chi connectivity index (χ2n) is 5.63. The molecule has 0 fully saturated rings. The normalized spacial score (nSPS) is 12.6. The van der Waals surface area contributed by atoms with Crippen LogP contribution >= 0.6 is 0 Å². The number of nitrogens with zero attached hydrogens (tertiary/aromatic N) is 4. The molecular formula is C17H13FN5OW. The van der Waals surface area contributed by atoms with Crippen molar-refractivity contribution in [3.05, 3.63) is 54.4 Å². The number of anilines is 1. The van der Waals surface area contributed by atoms with Crippen LogP contribution in [0.5, 0.6) is 0 Å². The molecule has 0 aliphatic rings. The summed E-state index contributed by atoms with van der Waals surface area (Å²) in [6, 6.07) is 8.07. The van der Waals surface area contributed by atoms with Crippen LogP contribution in [0.15, 0.2) is 47.4 Å². The fourth-order valence-electron chi connectivity index (χ4n) is 2.79. The minimum absolute atomic E-state index is 0.169. The van der Waals surface area contributed by atoms with Gasteiger partial charge in [0.25, 0.3) is 0 Å². The summed E-state index contributed by atoms with van der Waals surface area (Å²) in [4.78, 5) is 8.41. The van der Waals surface area contributed by atoms with Crippen LogP contribution in [0, 0.1) is 5.82 Å². The van der Waals surface area contributed by atoms with Gasteiger partial charge in [-0.1, -0.05) is 0 Å². The maximum atomic E-state index is 13.9. The van der Waals surface area contributed by atoms with Gasteiger partial charge in [0.15, 0.2) is 0 Å². The summed E-state index contributed by atoms with van der Waals surface area (Å²) < 4.78 is 22.5. The molecule has 125 valence electrons. The van der Waals surface area contributed by atoms with Gasteiger partial charge in [0.05, 0.1) is 0 Å². The molecular weight excluding hydrogens is 493 g/mol. The first-order valence-corrected chi connectivity index (χ1v) is 9.02. The van der Waals surface area contributed by atoms with Gasteiger partial charge in [-0.25, -0.2) is 0 Å². The topological polar surface area (TPSA) is 82.8 Å². The summed E-state index contributed by atoms with van der Waals surface area (Å²) in [5, 5.41) is 4.88. The Morgan fingerprint density at radius 3 is 2.88 bits per heavy atom. The zero-order valence-corrected chi connectivity index (χ0v) is 16.1. The van der Waals surface area contributed by atoms with Gasteiger partial charge in [-0.2, -0.15) is 0 Å². The summed E-state index contributed by atoms with van der Waals surface area (Å²) in [5.74, 6) is 0.745. The van der Waals surface area contributed by atoms with Crippen LogP contribution in [0.4, 0.5) is 10.2 Å². The monoisotopic (exact) mass is 506 g/mol. The number of halogens is 1. The van der Waals surface area contributed by atoms with Crippen LogP contribution in [-0.4, -0.2) is 19.7 Å². The van der Waals surface area contributed by atoms with Gasteiger partial charge in [0.1, 0.15) is 0 Å². The maximum absolute atomic E-state index is 13.9. The third-order valence-corrected chi connectivity index (χ3v) is 5.22. The van der Waals surface area contributed by atoms with Gasteiger partial charge in [-0.05, 0) is 0 Å². The van der Waals surface area contributed by atoms with E-state index >= 15 is 0 Å². The average Bonchev–Trinajstić information content (AvgIpc) is 3.21. The van der Waals surface area contributed by atoms with Gasteiger partial charge >= 0.3 is 154 Å². The average molecular weight is 506 g/mol. The predicted molar refractivity (Wildman–Crippen MR) is 87.3 cm³/mol. The molecule has 0 bridgehead atoms. The zero-order chi connectivity index (χ0) is 17.6. The molecule has 0 aliphatic heterocycles. The summed E-state index contributed by atoms with van der Waals surface area (Å²) >= 11 is 1.28. The number of hydrogen-bond acceptors (Lipinski definition) is 5. The molecule has 0 saturated carbocycles.